The van der Waals surface area contributed by atoms with Crippen molar-refractivity contribution in [3.63, 3.8) is 0 Å². The zero-order chi connectivity index (χ0) is 25.3. The SMILES string of the molecule is CS(=O)(=O)c1ccc(CNC(=O)N2CCN3C(=O)OC(c4ccccc4)(c4ccccc4)C3C2)cc1. The lowest BCUT2D eigenvalue weighted by atomic mass is 9.79. The van der Waals surface area contributed by atoms with Gasteiger partial charge in [-0.15, -0.1) is 0 Å². The average molecular weight is 506 g/mol. The van der Waals surface area contributed by atoms with Crippen LogP contribution in [0.15, 0.2) is 89.8 Å². The summed E-state index contributed by atoms with van der Waals surface area (Å²) in [6.07, 6.45) is 0.768. The molecule has 3 aromatic carbocycles. The molecule has 3 aromatic rings. The molecule has 0 aromatic heterocycles. The fraction of sp³-hybridized carbons (Fsp3) is 0.259. The van der Waals surface area contributed by atoms with E-state index in [9.17, 15) is 18.0 Å². The molecular formula is C27H27N3O5S. The van der Waals surface area contributed by atoms with Crippen LogP contribution in [0.2, 0.25) is 0 Å². The number of sulfone groups is 1. The average Bonchev–Trinajstić information content (AvgIpc) is 3.20. The second-order valence-corrected chi connectivity index (χ2v) is 11.1. The van der Waals surface area contributed by atoms with Crippen molar-refractivity contribution in [2.45, 2.75) is 23.1 Å². The Balaban J connectivity index is 1.38. The Morgan fingerprint density at radius 3 is 2.08 bits per heavy atom. The fourth-order valence-corrected chi connectivity index (χ4v) is 5.61. The van der Waals surface area contributed by atoms with E-state index in [1.165, 1.54) is 12.1 Å². The minimum atomic E-state index is -3.28. The Kier molecular flexibility index (Phi) is 6.17. The lowest BCUT2D eigenvalue weighted by Crippen LogP contribution is -2.59. The van der Waals surface area contributed by atoms with E-state index in [2.05, 4.69) is 5.32 Å². The van der Waals surface area contributed by atoms with Gasteiger partial charge in [-0.25, -0.2) is 18.0 Å². The second-order valence-electron chi connectivity index (χ2n) is 9.07. The molecule has 1 atom stereocenters. The molecule has 8 nitrogen and oxygen atoms in total. The number of nitrogens with one attached hydrogen (secondary N) is 1. The molecule has 2 heterocycles. The maximum atomic E-state index is 13.1. The van der Waals surface area contributed by atoms with Crippen LogP contribution in [0.3, 0.4) is 0 Å². The highest BCUT2D eigenvalue weighted by molar-refractivity contribution is 7.90. The van der Waals surface area contributed by atoms with E-state index in [-0.39, 0.29) is 17.5 Å². The number of ether oxygens (including phenoxy) is 1. The van der Waals surface area contributed by atoms with Gasteiger partial charge < -0.3 is 15.0 Å². The third-order valence-corrected chi connectivity index (χ3v) is 7.95. The first-order valence-electron chi connectivity index (χ1n) is 11.7. The van der Waals surface area contributed by atoms with Gasteiger partial charge in [-0.1, -0.05) is 72.8 Å². The molecule has 2 fully saturated rings. The van der Waals surface area contributed by atoms with E-state index < -0.39 is 27.6 Å². The maximum absolute atomic E-state index is 13.1. The summed E-state index contributed by atoms with van der Waals surface area (Å²) in [7, 11) is -3.28. The van der Waals surface area contributed by atoms with Gasteiger partial charge in [0.15, 0.2) is 15.4 Å². The van der Waals surface area contributed by atoms with E-state index in [0.717, 1.165) is 22.9 Å². The van der Waals surface area contributed by atoms with Crippen LogP contribution in [0, 0.1) is 0 Å². The predicted octanol–water partition coefficient (Wildman–Crippen LogP) is 3.38. The minimum absolute atomic E-state index is 0.234. The molecule has 186 valence electrons. The van der Waals surface area contributed by atoms with Crippen LogP contribution in [0.5, 0.6) is 0 Å². The molecule has 2 aliphatic rings. The molecule has 0 spiro atoms. The van der Waals surface area contributed by atoms with Gasteiger partial charge in [-0.05, 0) is 17.7 Å². The van der Waals surface area contributed by atoms with Crippen LogP contribution in [0.25, 0.3) is 0 Å². The van der Waals surface area contributed by atoms with Crippen molar-refractivity contribution in [3.8, 4) is 0 Å². The molecule has 36 heavy (non-hydrogen) atoms. The number of fused-ring (bicyclic) bond motifs is 1. The zero-order valence-corrected chi connectivity index (χ0v) is 20.6. The lowest BCUT2D eigenvalue weighted by Gasteiger charge is -2.42. The van der Waals surface area contributed by atoms with Crippen LogP contribution in [0.4, 0.5) is 9.59 Å². The largest absolute Gasteiger partial charge is 0.431 e. The number of benzene rings is 3. The van der Waals surface area contributed by atoms with E-state index in [1.807, 2.05) is 60.7 Å². The van der Waals surface area contributed by atoms with Crippen LogP contribution in [0.1, 0.15) is 16.7 Å². The van der Waals surface area contributed by atoms with E-state index in [4.69, 9.17) is 4.74 Å². The van der Waals surface area contributed by atoms with Crippen molar-refractivity contribution in [2.24, 2.45) is 0 Å². The molecular weight excluding hydrogens is 478 g/mol. The number of nitrogens with zero attached hydrogens (tertiary/aromatic N) is 2. The Morgan fingerprint density at radius 1 is 0.944 bits per heavy atom. The topological polar surface area (TPSA) is 96.0 Å². The first kappa shape index (κ1) is 23.9. The minimum Gasteiger partial charge on any atom is -0.431 e. The quantitative estimate of drug-likeness (QED) is 0.574. The zero-order valence-electron chi connectivity index (χ0n) is 19.8. The Labute approximate surface area is 210 Å². The highest BCUT2D eigenvalue weighted by Gasteiger charge is 2.58. The molecule has 1 unspecified atom stereocenters. The number of amides is 3. The molecule has 3 amide bonds. The Hall–Kier alpha value is -3.85. The standard InChI is InChI=1S/C27H27N3O5S/c1-36(33,34)23-14-12-20(13-15-23)18-28-25(31)29-16-17-30-24(19-29)27(35-26(30)32,21-8-4-2-5-9-21)22-10-6-3-7-11-22/h2-15,24H,16-19H2,1H3,(H,28,31). The van der Waals surface area contributed by atoms with Gasteiger partial charge >= 0.3 is 12.1 Å². The first-order valence-corrected chi connectivity index (χ1v) is 13.6. The summed E-state index contributed by atoms with van der Waals surface area (Å²) in [5, 5.41) is 2.92. The summed E-state index contributed by atoms with van der Waals surface area (Å²) in [5.74, 6) is 0. The summed E-state index contributed by atoms with van der Waals surface area (Å²) in [6.45, 7) is 1.30. The van der Waals surface area contributed by atoms with Gasteiger partial charge in [0, 0.05) is 43.6 Å². The van der Waals surface area contributed by atoms with Crippen molar-refractivity contribution in [1.29, 1.82) is 0 Å². The summed E-state index contributed by atoms with van der Waals surface area (Å²) in [5.41, 5.74) is 1.45. The van der Waals surface area contributed by atoms with E-state index >= 15 is 0 Å². The normalized spacial score (nSPS) is 18.9. The smallest absolute Gasteiger partial charge is 0.411 e. The number of rotatable bonds is 5. The highest BCUT2D eigenvalue weighted by atomic mass is 32.2. The summed E-state index contributed by atoms with van der Waals surface area (Å²) in [4.78, 5) is 29.8. The summed E-state index contributed by atoms with van der Waals surface area (Å²) < 4.78 is 29.5. The molecule has 0 saturated carbocycles. The van der Waals surface area contributed by atoms with E-state index in [0.29, 0.717) is 19.6 Å². The number of piperazine rings is 1. The lowest BCUT2D eigenvalue weighted by molar-refractivity contribution is 0.0511. The molecule has 2 saturated heterocycles. The number of cyclic esters (lactones) is 1. The van der Waals surface area contributed by atoms with Crippen molar-refractivity contribution < 1.29 is 22.7 Å². The predicted molar refractivity (Wildman–Crippen MR) is 134 cm³/mol. The van der Waals surface area contributed by atoms with Gasteiger partial charge in [0.2, 0.25) is 0 Å². The fourth-order valence-electron chi connectivity index (χ4n) is 4.98. The number of hydrogen-bond donors (Lipinski definition) is 1. The first-order chi connectivity index (χ1) is 17.3. The van der Waals surface area contributed by atoms with E-state index in [1.54, 1.807) is 21.9 Å². The number of carbonyl (C=O) groups excluding carboxylic acids is 2. The molecule has 1 N–H and O–H groups in total. The molecule has 0 aliphatic carbocycles. The molecule has 2 aliphatic heterocycles. The Bertz CT molecular complexity index is 1320. The molecule has 9 heteroatoms. The van der Waals surface area contributed by atoms with Crippen molar-refractivity contribution in [2.75, 3.05) is 25.9 Å². The maximum Gasteiger partial charge on any atom is 0.411 e. The van der Waals surface area contributed by atoms with Gasteiger partial charge in [-0.2, -0.15) is 0 Å². The monoisotopic (exact) mass is 505 g/mol. The van der Waals surface area contributed by atoms with Crippen molar-refractivity contribution >= 4 is 22.0 Å². The summed E-state index contributed by atoms with van der Waals surface area (Å²) >= 11 is 0. The molecule has 0 bridgehead atoms. The molecule has 5 rings (SSSR count). The van der Waals surface area contributed by atoms with Gasteiger partial charge in [0.05, 0.1) is 4.90 Å². The molecule has 0 radical (unpaired) electrons. The van der Waals surface area contributed by atoms with Gasteiger partial charge in [0.25, 0.3) is 0 Å². The van der Waals surface area contributed by atoms with Crippen LogP contribution >= 0.6 is 0 Å². The van der Waals surface area contributed by atoms with Crippen molar-refractivity contribution in [3.05, 3.63) is 102 Å². The van der Waals surface area contributed by atoms with Crippen LogP contribution in [-0.2, 0) is 26.7 Å². The van der Waals surface area contributed by atoms with Crippen LogP contribution in [-0.4, -0.2) is 62.3 Å². The Morgan fingerprint density at radius 2 is 1.53 bits per heavy atom. The second kappa shape index (κ2) is 9.31. The third kappa shape index (κ3) is 4.30. The third-order valence-electron chi connectivity index (χ3n) is 6.82. The highest BCUT2D eigenvalue weighted by Crippen LogP contribution is 2.45. The number of urea groups is 1. The van der Waals surface area contributed by atoms with Crippen LogP contribution < -0.4 is 5.32 Å². The summed E-state index contributed by atoms with van der Waals surface area (Å²) in [6, 6.07) is 25.1. The van der Waals surface area contributed by atoms with Crippen molar-refractivity contribution in [1.82, 2.24) is 15.1 Å². The number of carbonyl (C=O) groups is 2. The van der Waals surface area contributed by atoms with Gasteiger partial charge in [0.1, 0.15) is 6.04 Å². The number of hydrogen-bond acceptors (Lipinski definition) is 5. The van der Waals surface area contributed by atoms with Gasteiger partial charge in [-0.3, -0.25) is 4.90 Å².